The third-order valence-corrected chi connectivity index (χ3v) is 9.29. The van der Waals surface area contributed by atoms with Gasteiger partial charge in [0.05, 0.1) is 0 Å². The Bertz CT molecular complexity index is 1880. The van der Waals surface area contributed by atoms with Gasteiger partial charge in [-0.05, 0) is 106 Å². The van der Waals surface area contributed by atoms with Crippen LogP contribution in [-0.4, -0.2) is 0 Å². The fourth-order valence-corrected chi connectivity index (χ4v) is 6.93. The number of allylic oxidation sites excluding steroid dienone is 4. The van der Waals surface area contributed by atoms with E-state index < -0.39 is 0 Å². The molecule has 0 N–H and O–H groups in total. The molecule has 2 aliphatic rings. The smallest absolute Gasteiger partial charge is 0.000196 e. The maximum Gasteiger partial charge on any atom is 0.000196 e. The summed E-state index contributed by atoms with van der Waals surface area (Å²) in [7, 11) is 0. The average molecular weight is 576 g/mol. The SMILES string of the molecule is CC1C=C(C(C)(C)C)C=C1c1c(C(C)(C)C)c(=C(c2ccccc2)c2ccccc2)cc2c1=[C]c1cc(C(C)(C)C)ccc1-2. The van der Waals surface area contributed by atoms with Crippen LogP contribution in [0.5, 0.6) is 0 Å². The monoisotopic (exact) mass is 575 g/mol. The van der Waals surface area contributed by atoms with Gasteiger partial charge in [0, 0.05) is 5.92 Å². The van der Waals surface area contributed by atoms with Crippen LogP contribution in [0.25, 0.3) is 28.3 Å². The third-order valence-electron chi connectivity index (χ3n) is 9.29. The zero-order valence-corrected chi connectivity index (χ0v) is 28.3. The van der Waals surface area contributed by atoms with Crippen molar-refractivity contribution in [3.05, 3.63) is 146 Å². The highest BCUT2D eigenvalue weighted by Gasteiger charge is 2.32. The van der Waals surface area contributed by atoms with Crippen molar-refractivity contribution in [2.24, 2.45) is 11.3 Å². The molecule has 1 unspecified atom stereocenters. The van der Waals surface area contributed by atoms with Crippen molar-refractivity contribution in [3.8, 4) is 11.1 Å². The van der Waals surface area contributed by atoms with Crippen molar-refractivity contribution in [1.82, 2.24) is 0 Å². The highest BCUT2D eigenvalue weighted by molar-refractivity contribution is 5.92. The Morgan fingerprint density at radius 3 is 1.73 bits per heavy atom. The molecule has 0 saturated heterocycles. The second-order valence-corrected chi connectivity index (χ2v) is 15.8. The second kappa shape index (κ2) is 10.6. The number of hydrogen-bond acceptors (Lipinski definition) is 0. The molecule has 1 radical (unpaired) electrons. The lowest BCUT2D eigenvalue weighted by atomic mass is 9.75. The predicted molar refractivity (Wildman–Crippen MR) is 190 cm³/mol. The van der Waals surface area contributed by atoms with Gasteiger partial charge in [-0.2, -0.15) is 0 Å². The van der Waals surface area contributed by atoms with Crippen LogP contribution < -0.4 is 10.4 Å². The van der Waals surface area contributed by atoms with Gasteiger partial charge >= 0.3 is 0 Å². The maximum atomic E-state index is 4.00. The summed E-state index contributed by atoms with van der Waals surface area (Å²) >= 11 is 0. The lowest BCUT2D eigenvalue weighted by molar-refractivity contribution is 0.516. The first-order valence-electron chi connectivity index (χ1n) is 16.2. The van der Waals surface area contributed by atoms with Crippen LogP contribution in [0.15, 0.2) is 103 Å². The van der Waals surface area contributed by atoms with Crippen molar-refractivity contribution in [1.29, 1.82) is 0 Å². The number of fused-ring (bicyclic) bond motifs is 3. The molecule has 0 bridgehead atoms. The predicted octanol–water partition coefficient (Wildman–Crippen LogP) is 10.2. The molecule has 44 heavy (non-hydrogen) atoms. The van der Waals surface area contributed by atoms with E-state index in [1.165, 1.54) is 71.7 Å². The Morgan fingerprint density at radius 1 is 0.636 bits per heavy atom. The Labute approximate surface area is 265 Å². The van der Waals surface area contributed by atoms with Gasteiger partial charge in [-0.1, -0.05) is 154 Å². The zero-order chi connectivity index (χ0) is 31.6. The van der Waals surface area contributed by atoms with Crippen LogP contribution in [0.3, 0.4) is 0 Å². The fraction of sp³-hybridized carbons (Fsp3) is 0.318. The Balaban J connectivity index is 1.84. The summed E-state index contributed by atoms with van der Waals surface area (Å²) in [6.45, 7) is 23.4. The van der Waals surface area contributed by atoms with E-state index in [0.717, 1.165) is 0 Å². The highest BCUT2D eigenvalue weighted by Crippen LogP contribution is 2.43. The van der Waals surface area contributed by atoms with E-state index >= 15 is 0 Å². The molecule has 223 valence electrons. The van der Waals surface area contributed by atoms with Gasteiger partial charge in [0.25, 0.3) is 0 Å². The van der Waals surface area contributed by atoms with Crippen LogP contribution in [0.4, 0.5) is 0 Å². The molecule has 4 aromatic rings. The molecule has 0 nitrogen and oxygen atoms in total. The summed E-state index contributed by atoms with van der Waals surface area (Å²) in [6, 6.07) is 31.5. The van der Waals surface area contributed by atoms with E-state index in [-0.39, 0.29) is 16.2 Å². The standard InChI is InChI=1S/C44H47/c1-28-23-33(43(5,6)7)26-35(28)40-37-25-31-24-32(42(2,3)4)21-22-34(31)36(37)27-38(41(40)44(8,9)10)39(29-17-13-11-14-18-29)30-19-15-12-16-20-30/h11-24,26-28H,1-10H3. The molecule has 6 rings (SSSR count). The Hall–Kier alpha value is -3.90. The average Bonchev–Trinajstić information content (AvgIpc) is 3.53. The van der Waals surface area contributed by atoms with E-state index in [0.29, 0.717) is 5.92 Å². The Morgan fingerprint density at radius 2 is 1.23 bits per heavy atom. The topological polar surface area (TPSA) is 0 Å². The van der Waals surface area contributed by atoms with Gasteiger partial charge in [-0.3, -0.25) is 0 Å². The molecule has 0 amide bonds. The molecule has 0 aromatic heterocycles. The molecule has 0 fully saturated rings. The molecular weight excluding hydrogens is 528 g/mol. The molecule has 2 aliphatic carbocycles. The summed E-state index contributed by atoms with van der Waals surface area (Å²) in [5.41, 5.74) is 14.5. The number of rotatable bonds is 3. The minimum atomic E-state index is -0.118. The quantitative estimate of drug-likeness (QED) is 0.201. The molecule has 0 saturated carbocycles. The second-order valence-electron chi connectivity index (χ2n) is 15.8. The minimum absolute atomic E-state index is 0.0750. The summed E-state index contributed by atoms with van der Waals surface area (Å²) in [6.07, 6.45) is 8.98. The normalized spacial score (nSPS) is 16.2. The van der Waals surface area contributed by atoms with Gasteiger partial charge in [0.15, 0.2) is 0 Å². The van der Waals surface area contributed by atoms with Crippen LogP contribution in [-0.2, 0) is 10.8 Å². The van der Waals surface area contributed by atoms with Crippen molar-refractivity contribution >= 4 is 17.2 Å². The van der Waals surface area contributed by atoms with Crippen molar-refractivity contribution in [3.63, 3.8) is 0 Å². The van der Waals surface area contributed by atoms with Gasteiger partial charge < -0.3 is 0 Å². The van der Waals surface area contributed by atoms with E-state index in [1.54, 1.807) is 0 Å². The maximum absolute atomic E-state index is 4.00. The van der Waals surface area contributed by atoms with Gasteiger partial charge in [-0.15, -0.1) is 0 Å². The van der Waals surface area contributed by atoms with Crippen molar-refractivity contribution in [2.45, 2.75) is 80.1 Å². The summed E-state index contributed by atoms with van der Waals surface area (Å²) in [5.74, 6) is 0.317. The highest BCUT2D eigenvalue weighted by atomic mass is 14.4. The fourth-order valence-electron chi connectivity index (χ4n) is 6.93. The minimum Gasteiger partial charge on any atom is -0.0735 e. The van der Waals surface area contributed by atoms with E-state index in [4.69, 9.17) is 0 Å². The first-order valence-corrected chi connectivity index (χ1v) is 16.2. The van der Waals surface area contributed by atoms with Gasteiger partial charge in [0.2, 0.25) is 0 Å². The first-order chi connectivity index (χ1) is 20.6. The van der Waals surface area contributed by atoms with Crippen LogP contribution >= 0.6 is 0 Å². The number of benzene rings is 4. The summed E-state index contributed by atoms with van der Waals surface area (Å²) in [4.78, 5) is 0. The summed E-state index contributed by atoms with van der Waals surface area (Å²) < 4.78 is 0. The zero-order valence-electron chi connectivity index (χ0n) is 28.3. The van der Waals surface area contributed by atoms with Crippen LogP contribution in [0, 0.1) is 11.3 Å². The molecule has 0 spiro atoms. The van der Waals surface area contributed by atoms with E-state index in [9.17, 15) is 0 Å². The van der Waals surface area contributed by atoms with Gasteiger partial charge in [0.1, 0.15) is 0 Å². The summed E-state index contributed by atoms with van der Waals surface area (Å²) in [5, 5.41) is 2.57. The Kier molecular flexibility index (Phi) is 7.28. The van der Waals surface area contributed by atoms with Crippen molar-refractivity contribution < 1.29 is 0 Å². The largest absolute Gasteiger partial charge is 0.0735 e. The lowest BCUT2D eigenvalue weighted by Gasteiger charge is -2.28. The molecule has 0 aliphatic heterocycles. The molecule has 0 heterocycles. The molecule has 1 atom stereocenters. The first kappa shape index (κ1) is 30.1. The third kappa shape index (κ3) is 5.34. The molecule has 0 heteroatoms. The van der Waals surface area contributed by atoms with E-state index in [1.807, 2.05) is 0 Å². The van der Waals surface area contributed by atoms with Gasteiger partial charge in [-0.25, -0.2) is 0 Å². The molecular formula is C44H47. The van der Waals surface area contributed by atoms with E-state index in [2.05, 4.69) is 172 Å². The molecule has 4 aromatic carbocycles. The van der Waals surface area contributed by atoms with Crippen molar-refractivity contribution in [2.75, 3.05) is 0 Å². The van der Waals surface area contributed by atoms with Crippen LogP contribution in [0.2, 0.25) is 0 Å². The number of hydrogen-bond donors (Lipinski definition) is 0. The van der Waals surface area contributed by atoms with Crippen LogP contribution in [0.1, 0.15) is 103 Å². The lowest BCUT2D eigenvalue weighted by Crippen LogP contribution is -2.33.